The number of aromatic nitrogens is 2. The van der Waals surface area contributed by atoms with Crippen molar-refractivity contribution in [1.82, 2.24) is 14.9 Å². The SMILES string of the molecule is Fc1ccc(Br)c(F)c1Cn1cnc(CNC2CC2)c1. The molecule has 6 heteroatoms. The average Bonchev–Trinajstić information content (AvgIpc) is 3.16. The fourth-order valence-electron chi connectivity index (χ4n) is 2.02. The van der Waals surface area contributed by atoms with Gasteiger partial charge in [0.15, 0.2) is 0 Å². The Morgan fingerprint density at radius 1 is 1.35 bits per heavy atom. The molecule has 0 spiro atoms. The first-order chi connectivity index (χ1) is 9.63. The van der Waals surface area contributed by atoms with Gasteiger partial charge in [0.05, 0.1) is 23.0 Å². The molecule has 1 aliphatic carbocycles. The largest absolute Gasteiger partial charge is 0.333 e. The van der Waals surface area contributed by atoms with Crippen LogP contribution in [0.1, 0.15) is 24.1 Å². The highest BCUT2D eigenvalue weighted by Gasteiger charge is 2.20. The number of halogens is 3. The smallest absolute Gasteiger partial charge is 0.145 e. The minimum Gasteiger partial charge on any atom is -0.333 e. The van der Waals surface area contributed by atoms with Gasteiger partial charge in [0.25, 0.3) is 0 Å². The lowest BCUT2D eigenvalue weighted by Crippen LogP contribution is -2.15. The number of nitrogens with zero attached hydrogens (tertiary/aromatic N) is 2. The Hall–Kier alpha value is -1.27. The van der Waals surface area contributed by atoms with Crippen molar-refractivity contribution in [2.24, 2.45) is 0 Å². The molecule has 1 aliphatic rings. The zero-order valence-electron chi connectivity index (χ0n) is 10.7. The van der Waals surface area contributed by atoms with Gasteiger partial charge in [0.1, 0.15) is 11.6 Å². The van der Waals surface area contributed by atoms with Gasteiger partial charge in [0.2, 0.25) is 0 Å². The quantitative estimate of drug-likeness (QED) is 0.846. The predicted octanol–water partition coefficient (Wildman–Crippen LogP) is 3.22. The first kappa shape index (κ1) is 13.7. The van der Waals surface area contributed by atoms with E-state index in [0.29, 0.717) is 12.6 Å². The molecule has 20 heavy (non-hydrogen) atoms. The number of hydrogen-bond donors (Lipinski definition) is 1. The highest BCUT2D eigenvalue weighted by Crippen LogP contribution is 2.22. The molecule has 3 rings (SSSR count). The van der Waals surface area contributed by atoms with E-state index in [1.165, 1.54) is 25.0 Å². The summed E-state index contributed by atoms with van der Waals surface area (Å²) in [5, 5.41) is 3.35. The van der Waals surface area contributed by atoms with Crippen LogP contribution in [0, 0.1) is 11.6 Å². The summed E-state index contributed by atoms with van der Waals surface area (Å²) in [5.41, 5.74) is 0.922. The molecule has 1 heterocycles. The van der Waals surface area contributed by atoms with Crippen molar-refractivity contribution in [3.8, 4) is 0 Å². The van der Waals surface area contributed by atoms with Gasteiger partial charge in [0, 0.05) is 24.3 Å². The topological polar surface area (TPSA) is 29.9 Å². The summed E-state index contributed by atoms with van der Waals surface area (Å²) in [5.74, 6) is -1.10. The second-order valence-corrected chi connectivity index (χ2v) is 5.87. The van der Waals surface area contributed by atoms with Gasteiger partial charge < -0.3 is 9.88 Å². The second-order valence-electron chi connectivity index (χ2n) is 5.01. The van der Waals surface area contributed by atoms with Crippen molar-refractivity contribution in [3.63, 3.8) is 0 Å². The van der Waals surface area contributed by atoms with Crippen LogP contribution < -0.4 is 5.32 Å². The first-order valence-corrected chi connectivity index (χ1v) is 7.29. The standard InChI is InChI=1S/C14H14BrF2N3/c15-12-3-4-13(16)11(14(12)17)7-20-6-10(19-8-20)5-18-9-1-2-9/h3-4,6,8-9,18H,1-2,5,7H2. The zero-order chi connectivity index (χ0) is 14.1. The molecule has 0 bridgehead atoms. The van der Waals surface area contributed by atoms with E-state index in [1.54, 1.807) is 10.9 Å². The van der Waals surface area contributed by atoms with Crippen molar-refractivity contribution >= 4 is 15.9 Å². The molecule has 3 nitrogen and oxygen atoms in total. The van der Waals surface area contributed by atoms with Crippen LogP contribution in [0.25, 0.3) is 0 Å². The van der Waals surface area contributed by atoms with E-state index in [2.05, 4.69) is 26.2 Å². The summed E-state index contributed by atoms with van der Waals surface area (Å²) in [6.07, 6.45) is 5.85. The number of nitrogens with one attached hydrogen (secondary N) is 1. The lowest BCUT2D eigenvalue weighted by molar-refractivity contribution is 0.540. The van der Waals surface area contributed by atoms with Crippen LogP contribution in [0.5, 0.6) is 0 Å². The van der Waals surface area contributed by atoms with E-state index < -0.39 is 11.6 Å². The molecule has 0 unspecified atom stereocenters. The molecule has 1 aromatic heterocycles. The fourth-order valence-corrected chi connectivity index (χ4v) is 2.39. The summed E-state index contributed by atoms with van der Waals surface area (Å²) in [6.45, 7) is 0.828. The molecule has 1 saturated carbocycles. The van der Waals surface area contributed by atoms with Gasteiger partial charge in [-0.1, -0.05) is 0 Å². The molecule has 0 radical (unpaired) electrons. The minimum atomic E-state index is -0.559. The van der Waals surface area contributed by atoms with E-state index >= 15 is 0 Å². The molecular weight excluding hydrogens is 328 g/mol. The van der Waals surface area contributed by atoms with Crippen LogP contribution in [0.2, 0.25) is 0 Å². The van der Waals surface area contributed by atoms with Gasteiger partial charge in [-0.15, -0.1) is 0 Å². The second kappa shape index (κ2) is 5.61. The third-order valence-electron chi connectivity index (χ3n) is 3.32. The molecular formula is C14H14BrF2N3. The fraction of sp³-hybridized carbons (Fsp3) is 0.357. The van der Waals surface area contributed by atoms with Gasteiger partial charge in [-0.25, -0.2) is 13.8 Å². The van der Waals surface area contributed by atoms with Gasteiger partial charge in [-0.2, -0.15) is 0 Å². The average molecular weight is 342 g/mol. The van der Waals surface area contributed by atoms with E-state index in [0.717, 1.165) is 5.69 Å². The highest BCUT2D eigenvalue weighted by atomic mass is 79.9. The first-order valence-electron chi connectivity index (χ1n) is 6.50. The third kappa shape index (κ3) is 3.07. The zero-order valence-corrected chi connectivity index (χ0v) is 12.3. The molecule has 0 amide bonds. The summed E-state index contributed by atoms with van der Waals surface area (Å²) in [7, 11) is 0. The molecule has 0 saturated heterocycles. The van der Waals surface area contributed by atoms with Gasteiger partial charge in [-0.3, -0.25) is 0 Å². The van der Waals surface area contributed by atoms with Crippen LogP contribution in [-0.2, 0) is 13.1 Å². The highest BCUT2D eigenvalue weighted by molar-refractivity contribution is 9.10. The molecule has 1 fully saturated rings. The Morgan fingerprint density at radius 2 is 2.15 bits per heavy atom. The molecule has 2 aromatic rings. The number of imidazole rings is 1. The lowest BCUT2D eigenvalue weighted by Gasteiger charge is -2.07. The maximum absolute atomic E-state index is 13.9. The summed E-state index contributed by atoms with van der Waals surface area (Å²) in [4.78, 5) is 4.24. The summed E-state index contributed by atoms with van der Waals surface area (Å²) < 4.78 is 29.5. The van der Waals surface area contributed by atoms with E-state index in [1.807, 2.05) is 6.20 Å². The Balaban J connectivity index is 1.72. The van der Waals surface area contributed by atoms with Crippen LogP contribution in [0.3, 0.4) is 0 Å². The van der Waals surface area contributed by atoms with Crippen LogP contribution >= 0.6 is 15.9 Å². The third-order valence-corrected chi connectivity index (χ3v) is 3.93. The number of benzene rings is 1. The van der Waals surface area contributed by atoms with Crippen molar-refractivity contribution in [3.05, 3.63) is 52.0 Å². The molecule has 106 valence electrons. The lowest BCUT2D eigenvalue weighted by atomic mass is 10.2. The molecule has 1 N–H and O–H groups in total. The van der Waals surface area contributed by atoms with Crippen molar-refractivity contribution in [2.75, 3.05) is 0 Å². The Bertz CT molecular complexity index is 623. The predicted molar refractivity (Wildman–Crippen MR) is 75.2 cm³/mol. The van der Waals surface area contributed by atoms with E-state index in [4.69, 9.17) is 0 Å². The van der Waals surface area contributed by atoms with E-state index in [9.17, 15) is 8.78 Å². The molecule has 1 aromatic carbocycles. The Morgan fingerprint density at radius 3 is 2.90 bits per heavy atom. The Labute approximate surface area is 124 Å². The maximum Gasteiger partial charge on any atom is 0.145 e. The van der Waals surface area contributed by atoms with Gasteiger partial charge >= 0.3 is 0 Å². The molecule has 0 atom stereocenters. The van der Waals surface area contributed by atoms with Crippen molar-refractivity contribution in [2.45, 2.75) is 32.0 Å². The van der Waals surface area contributed by atoms with Crippen molar-refractivity contribution < 1.29 is 8.78 Å². The van der Waals surface area contributed by atoms with Crippen LogP contribution in [-0.4, -0.2) is 15.6 Å². The summed E-state index contributed by atoms with van der Waals surface area (Å²) >= 11 is 3.07. The van der Waals surface area contributed by atoms with Crippen LogP contribution in [0.4, 0.5) is 8.78 Å². The van der Waals surface area contributed by atoms with E-state index in [-0.39, 0.29) is 16.6 Å². The van der Waals surface area contributed by atoms with Crippen LogP contribution in [0.15, 0.2) is 29.1 Å². The Kier molecular flexibility index (Phi) is 3.85. The maximum atomic E-state index is 13.9. The normalized spacial score (nSPS) is 14.8. The monoisotopic (exact) mass is 341 g/mol. The van der Waals surface area contributed by atoms with Gasteiger partial charge in [-0.05, 0) is 40.9 Å². The van der Waals surface area contributed by atoms with Crippen molar-refractivity contribution in [1.29, 1.82) is 0 Å². The number of hydrogen-bond acceptors (Lipinski definition) is 2. The molecule has 0 aliphatic heterocycles. The minimum absolute atomic E-state index is 0.0403. The number of rotatable bonds is 5. The summed E-state index contributed by atoms with van der Waals surface area (Å²) in [6, 6.07) is 3.24.